The number of nitrogens with zero attached hydrogens (tertiary/aromatic N) is 1. The average molecular weight is 289 g/mol. The van der Waals surface area contributed by atoms with Crippen LogP contribution < -0.4 is 0 Å². The van der Waals surface area contributed by atoms with Crippen LogP contribution in [0.25, 0.3) is 10.9 Å². The van der Waals surface area contributed by atoms with Crippen molar-refractivity contribution < 1.29 is 4.79 Å². The summed E-state index contributed by atoms with van der Waals surface area (Å²) in [6.07, 6.45) is 2.73. The highest BCUT2D eigenvalue weighted by Crippen LogP contribution is 2.26. The molecule has 0 unspecified atom stereocenters. The predicted molar refractivity (Wildman–Crippen MR) is 90.5 cm³/mol. The molecule has 0 atom stereocenters. The molecule has 0 fully saturated rings. The summed E-state index contributed by atoms with van der Waals surface area (Å²) >= 11 is 0. The molecule has 2 nitrogen and oxygen atoms in total. The summed E-state index contributed by atoms with van der Waals surface area (Å²) in [6.45, 7) is 4.27. The number of carbonyl (C=O) groups is 1. The van der Waals surface area contributed by atoms with Crippen molar-refractivity contribution in [1.29, 1.82) is 0 Å². The van der Waals surface area contributed by atoms with Gasteiger partial charge in [0.1, 0.15) is 6.29 Å². The Bertz CT molecular complexity index is 819. The fourth-order valence-electron chi connectivity index (χ4n) is 3.04. The molecule has 0 radical (unpaired) electrons. The van der Waals surface area contributed by atoms with Crippen LogP contribution in [0.3, 0.4) is 0 Å². The molecule has 1 heterocycles. The second kappa shape index (κ2) is 6.10. The van der Waals surface area contributed by atoms with E-state index in [-0.39, 0.29) is 0 Å². The molecule has 110 valence electrons. The Hall–Kier alpha value is -2.48. The fraction of sp³-hybridized carbons (Fsp3) is 0.200. The van der Waals surface area contributed by atoms with Crippen LogP contribution in [0.1, 0.15) is 39.7 Å². The standard InChI is InChI=1S/C20H19NO/c1-3-17-14(2)21-20-7-5-4-6-18(20)19(17)12-15-8-10-16(13-22)11-9-15/h4-11,13H,3,12H2,1-2H3. The summed E-state index contributed by atoms with van der Waals surface area (Å²) in [4.78, 5) is 15.5. The van der Waals surface area contributed by atoms with Gasteiger partial charge >= 0.3 is 0 Å². The molecular weight excluding hydrogens is 270 g/mol. The number of aromatic nitrogens is 1. The van der Waals surface area contributed by atoms with Crippen LogP contribution in [0.2, 0.25) is 0 Å². The van der Waals surface area contributed by atoms with Crippen LogP contribution in [0, 0.1) is 6.92 Å². The summed E-state index contributed by atoms with van der Waals surface area (Å²) in [5.74, 6) is 0. The number of rotatable bonds is 4. The first-order chi connectivity index (χ1) is 10.7. The van der Waals surface area contributed by atoms with E-state index in [1.165, 1.54) is 22.1 Å². The number of aryl methyl sites for hydroxylation is 1. The molecule has 0 spiro atoms. The lowest BCUT2D eigenvalue weighted by Gasteiger charge is -2.14. The molecule has 0 bridgehead atoms. The number of benzene rings is 2. The minimum atomic E-state index is 0.718. The molecule has 0 N–H and O–H groups in total. The maximum atomic E-state index is 10.8. The largest absolute Gasteiger partial charge is 0.298 e. The van der Waals surface area contributed by atoms with Gasteiger partial charge in [-0.15, -0.1) is 0 Å². The van der Waals surface area contributed by atoms with E-state index in [1.54, 1.807) is 0 Å². The average Bonchev–Trinajstić information content (AvgIpc) is 2.55. The SMILES string of the molecule is CCc1c(C)nc2ccccc2c1Cc1ccc(C=O)cc1. The highest BCUT2D eigenvalue weighted by Gasteiger charge is 2.11. The topological polar surface area (TPSA) is 30.0 Å². The van der Waals surface area contributed by atoms with Gasteiger partial charge in [0, 0.05) is 16.6 Å². The minimum absolute atomic E-state index is 0.718. The molecule has 1 aromatic heterocycles. The molecule has 0 amide bonds. The molecule has 0 saturated carbocycles. The number of para-hydroxylation sites is 1. The summed E-state index contributed by atoms with van der Waals surface area (Å²) in [7, 11) is 0. The van der Waals surface area contributed by atoms with Crippen molar-refractivity contribution >= 4 is 17.2 Å². The van der Waals surface area contributed by atoms with Gasteiger partial charge in [0.2, 0.25) is 0 Å². The Morgan fingerprint density at radius 3 is 2.41 bits per heavy atom. The summed E-state index contributed by atoms with van der Waals surface area (Å²) < 4.78 is 0. The maximum absolute atomic E-state index is 10.8. The van der Waals surface area contributed by atoms with E-state index >= 15 is 0 Å². The van der Waals surface area contributed by atoms with Gasteiger partial charge in [-0.3, -0.25) is 9.78 Å². The van der Waals surface area contributed by atoms with E-state index in [4.69, 9.17) is 4.98 Å². The number of fused-ring (bicyclic) bond motifs is 1. The van der Waals surface area contributed by atoms with Crippen LogP contribution in [0.5, 0.6) is 0 Å². The molecule has 3 rings (SSSR count). The first-order valence-electron chi connectivity index (χ1n) is 7.64. The Morgan fingerprint density at radius 1 is 1.00 bits per heavy atom. The Balaban J connectivity index is 2.13. The third-order valence-electron chi connectivity index (χ3n) is 4.17. The lowest BCUT2D eigenvalue weighted by atomic mass is 9.93. The normalized spacial score (nSPS) is 10.8. The second-order valence-electron chi connectivity index (χ2n) is 5.56. The van der Waals surface area contributed by atoms with Crippen molar-refractivity contribution in [1.82, 2.24) is 4.98 Å². The number of carbonyl (C=O) groups excluding carboxylic acids is 1. The van der Waals surface area contributed by atoms with E-state index < -0.39 is 0 Å². The molecule has 0 aliphatic carbocycles. The molecule has 2 heteroatoms. The van der Waals surface area contributed by atoms with Gasteiger partial charge in [0.05, 0.1) is 5.52 Å². The van der Waals surface area contributed by atoms with Crippen molar-refractivity contribution in [3.8, 4) is 0 Å². The van der Waals surface area contributed by atoms with Gasteiger partial charge in [0.15, 0.2) is 0 Å². The van der Waals surface area contributed by atoms with Gasteiger partial charge in [-0.05, 0) is 42.5 Å². The van der Waals surface area contributed by atoms with Crippen LogP contribution in [-0.2, 0) is 12.8 Å². The number of hydrogen-bond acceptors (Lipinski definition) is 2. The molecular formula is C20H19NO. The van der Waals surface area contributed by atoms with Crippen molar-refractivity contribution in [2.24, 2.45) is 0 Å². The van der Waals surface area contributed by atoms with Gasteiger partial charge in [0.25, 0.3) is 0 Å². The maximum Gasteiger partial charge on any atom is 0.150 e. The molecule has 0 saturated heterocycles. The van der Waals surface area contributed by atoms with Gasteiger partial charge in [-0.2, -0.15) is 0 Å². The highest BCUT2D eigenvalue weighted by atomic mass is 16.1. The third-order valence-corrected chi connectivity index (χ3v) is 4.17. The highest BCUT2D eigenvalue weighted by molar-refractivity contribution is 5.84. The molecule has 2 aromatic carbocycles. The fourth-order valence-corrected chi connectivity index (χ4v) is 3.04. The van der Waals surface area contributed by atoms with Gasteiger partial charge < -0.3 is 0 Å². The lowest BCUT2D eigenvalue weighted by Crippen LogP contribution is -2.02. The zero-order valence-corrected chi connectivity index (χ0v) is 13.0. The second-order valence-corrected chi connectivity index (χ2v) is 5.56. The quantitative estimate of drug-likeness (QED) is 0.661. The first kappa shape index (κ1) is 14.5. The van der Waals surface area contributed by atoms with Crippen molar-refractivity contribution in [3.05, 3.63) is 76.5 Å². The van der Waals surface area contributed by atoms with Gasteiger partial charge in [-0.25, -0.2) is 0 Å². The van der Waals surface area contributed by atoms with Gasteiger partial charge in [-0.1, -0.05) is 49.4 Å². The molecule has 0 aliphatic rings. The molecule has 3 aromatic rings. The van der Waals surface area contributed by atoms with Crippen LogP contribution >= 0.6 is 0 Å². The Labute approximate surface area is 130 Å². The van der Waals surface area contributed by atoms with E-state index in [9.17, 15) is 4.79 Å². The lowest BCUT2D eigenvalue weighted by molar-refractivity contribution is 0.112. The third kappa shape index (κ3) is 2.64. The summed E-state index contributed by atoms with van der Waals surface area (Å²) in [6, 6.07) is 16.1. The first-order valence-corrected chi connectivity index (χ1v) is 7.64. The van der Waals surface area contributed by atoms with E-state index in [2.05, 4.69) is 32.0 Å². The number of hydrogen-bond donors (Lipinski definition) is 0. The number of aldehydes is 1. The zero-order chi connectivity index (χ0) is 15.5. The Kier molecular flexibility index (Phi) is 4.01. The molecule has 0 aliphatic heterocycles. The molecule has 22 heavy (non-hydrogen) atoms. The van der Waals surface area contributed by atoms with Crippen molar-refractivity contribution in [2.45, 2.75) is 26.7 Å². The van der Waals surface area contributed by atoms with Crippen molar-refractivity contribution in [3.63, 3.8) is 0 Å². The van der Waals surface area contributed by atoms with E-state index in [1.807, 2.05) is 30.3 Å². The van der Waals surface area contributed by atoms with Crippen molar-refractivity contribution in [2.75, 3.05) is 0 Å². The van der Waals surface area contributed by atoms with Crippen LogP contribution in [-0.4, -0.2) is 11.3 Å². The van der Waals surface area contributed by atoms with E-state index in [0.29, 0.717) is 0 Å². The predicted octanol–water partition coefficient (Wildman–Crippen LogP) is 4.51. The Morgan fingerprint density at radius 2 is 1.73 bits per heavy atom. The smallest absolute Gasteiger partial charge is 0.150 e. The summed E-state index contributed by atoms with van der Waals surface area (Å²) in [5.41, 5.74) is 6.78. The number of pyridine rings is 1. The van der Waals surface area contributed by atoms with E-state index in [0.717, 1.165) is 35.9 Å². The minimum Gasteiger partial charge on any atom is -0.298 e. The monoisotopic (exact) mass is 289 g/mol. The van der Waals surface area contributed by atoms with Crippen LogP contribution in [0.15, 0.2) is 48.5 Å². The summed E-state index contributed by atoms with van der Waals surface area (Å²) in [5, 5.41) is 1.23. The van der Waals surface area contributed by atoms with Crippen LogP contribution in [0.4, 0.5) is 0 Å². The zero-order valence-electron chi connectivity index (χ0n) is 13.0.